The Hall–Kier alpha value is -2.36. The van der Waals surface area contributed by atoms with E-state index < -0.39 is 5.82 Å². The summed E-state index contributed by atoms with van der Waals surface area (Å²) in [4.78, 5) is 22.9. The summed E-state index contributed by atoms with van der Waals surface area (Å²) >= 11 is 9.19. The van der Waals surface area contributed by atoms with Gasteiger partial charge in [-0.25, -0.2) is 19.0 Å². The lowest BCUT2D eigenvalue weighted by molar-refractivity contribution is 0.0260. The van der Waals surface area contributed by atoms with Crippen molar-refractivity contribution >= 4 is 33.5 Å². The Morgan fingerprint density at radius 3 is 2.79 bits per heavy atom. The van der Waals surface area contributed by atoms with E-state index in [1.54, 1.807) is 24.5 Å². The lowest BCUT2D eigenvalue weighted by Crippen LogP contribution is -2.46. The third kappa shape index (κ3) is 4.63. The van der Waals surface area contributed by atoms with Crippen molar-refractivity contribution < 1.29 is 9.13 Å². The molecule has 0 radical (unpaired) electrons. The van der Waals surface area contributed by atoms with Crippen LogP contribution < -0.4 is 10.5 Å². The molecule has 0 unspecified atom stereocenters. The number of ether oxygens (including phenoxy) is 1. The van der Waals surface area contributed by atoms with Gasteiger partial charge in [-0.3, -0.25) is 4.79 Å². The van der Waals surface area contributed by atoms with Crippen LogP contribution in [0.15, 0.2) is 52.0 Å². The highest BCUT2D eigenvalue weighted by Crippen LogP contribution is 2.23. The van der Waals surface area contributed by atoms with Crippen LogP contribution in [-0.2, 0) is 11.3 Å². The summed E-state index contributed by atoms with van der Waals surface area (Å²) in [6.45, 7) is 1.96. The molecule has 1 aliphatic rings. The minimum atomic E-state index is -0.505. The van der Waals surface area contributed by atoms with Crippen LogP contribution in [0.4, 0.5) is 10.3 Å². The van der Waals surface area contributed by atoms with E-state index in [0.717, 1.165) is 4.47 Å². The first-order chi connectivity index (χ1) is 14.0. The zero-order chi connectivity index (χ0) is 20.4. The van der Waals surface area contributed by atoms with Gasteiger partial charge in [0.15, 0.2) is 0 Å². The fourth-order valence-electron chi connectivity index (χ4n) is 3.06. The van der Waals surface area contributed by atoms with E-state index in [9.17, 15) is 9.18 Å². The lowest BCUT2D eigenvalue weighted by atomic mass is 10.1. The van der Waals surface area contributed by atoms with Crippen molar-refractivity contribution in [1.82, 2.24) is 19.7 Å². The monoisotopic (exact) mass is 479 g/mol. The van der Waals surface area contributed by atoms with E-state index in [2.05, 4.69) is 31.0 Å². The second-order valence-electron chi connectivity index (χ2n) is 6.51. The zero-order valence-electron chi connectivity index (χ0n) is 15.1. The first kappa shape index (κ1) is 19.9. The number of benzene rings is 1. The number of aromatic nitrogens is 4. The number of morpholine rings is 1. The molecule has 1 aliphatic heterocycles. The maximum atomic E-state index is 13.4. The molecule has 0 aliphatic carbocycles. The predicted molar refractivity (Wildman–Crippen MR) is 111 cm³/mol. The Labute approximate surface area is 179 Å². The van der Waals surface area contributed by atoms with Gasteiger partial charge in [-0.15, -0.1) is 0 Å². The van der Waals surface area contributed by atoms with E-state index in [0.29, 0.717) is 36.9 Å². The molecule has 0 N–H and O–H groups in total. The Morgan fingerprint density at radius 2 is 2.03 bits per heavy atom. The van der Waals surface area contributed by atoms with Crippen LogP contribution in [0.25, 0.3) is 11.3 Å². The van der Waals surface area contributed by atoms with Gasteiger partial charge >= 0.3 is 0 Å². The fraction of sp³-hybridized carbons (Fsp3) is 0.263. The van der Waals surface area contributed by atoms with Gasteiger partial charge in [-0.2, -0.15) is 5.10 Å². The molecule has 3 aromatic rings. The van der Waals surface area contributed by atoms with Gasteiger partial charge in [0.2, 0.25) is 5.95 Å². The third-order valence-electron chi connectivity index (χ3n) is 4.49. The summed E-state index contributed by atoms with van der Waals surface area (Å²) in [6.07, 6.45) is 3.13. The molecule has 1 saturated heterocycles. The Morgan fingerprint density at radius 1 is 1.24 bits per heavy atom. The van der Waals surface area contributed by atoms with Crippen LogP contribution in [-0.4, -0.2) is 45.5 Å². The van der Waals surface area contributed by atoms with E-state index in [-0.39, 0.29) is 23.2 Å². The van der Waals surface area contributed by atoms with Gasteiger partial charge in [-0.05, 0) is 40.2 Å². The lowest BCUT2D eigenvalue weighted by Gasteiger charge is -2.32. The maximum Gasteiger partial charge on any atom is 0.266 e. The average molecular weight is 481 g/mol. The van der Waals surface area contributed by atoms with Gasteiger partial charge < -0.3 is 9.64 Å². The van der Waals surface area contributed by atoms with Crippen LogP contribution in [0.5, 0.6) is 0 Å². The Bertz CT molecular complexity index is 1080. The first-order valence-electron chi connectivity index (χ1n) is 8.87. The molecule has 150 valence electrons. The smallest absolute Gasteiger partial charge is 0.266 e. The number of hydrogen-bond donors (Lipinski definition) is 0. The molecule has 0 amide bonds. The summed E-state index contributed by atoms with van der Waals surface area (Å²) in [5.41, 5.74) is 0.901. The van der Waals surface area contributed by atoms with Gasteiger partial charge in [0.25, 0.3) is 5.56 Å². The van der Waals surface area contributed by atoms with Crippen LogP contribution in [0.3, 0.4) is 0 Å². The zero-order valence-corrected chi connectivity index (χ0v) is 17.5. The maximum absolute atomic E-state index is 13.4. The molecule has 2 aromatic heterocycles. The van der Waals surface area contributed by atoms with E-state index in [1.165, 1.54) is 22.9 Å². The molecule has 10 heteroatoms. The quantitative estimate of drug-likeness (QED) is 0.571. The molecule has 7 nitrogen and oxygen atoms in total. The minimum absolute atomic E-state index is 0.00260. The normalized spacial score (nSPS) is 16.8. The molecule has 1 aromatic carbocycles. The SMILES string of the molecule is O=c1ccc(-c2ccc(F)c(Cl)c2)nn1C[C@@H]1CN(c2ncc(Br)cn2)CCO1. The minimum Gasteiger partial charge on any atom is -0.373 e. The van der Waals surface area contributed by atoms with Crippen LogP contribution >= 0.6 is 27.5 Å². The summed E-state index contributed by atoms with van der Waals surface area (Å²) in [5, 5.41) is 4.41. The highest BCUT2D eigenvalue weighted by molar-refractivity contribution is 9.10. The number of halogens is 3. The van der Waals surface area contributed by atoms with Gasteiger partial charge in [0, 0.05) is 37.1 Å². The van der Waals surface area contributed by atoms with Crippen LogP contribution in [0.1, 0.15) is 0 Å². The molecule has 1 atom stereocenters. The number of hydrogen-bond acceptors (Lipinski definition) is 6. The third-order valence-corrected chi connectivity index (χ3v) is 5.19. The van der Waals surface area contributed by atoms with E-state index >= 15 is 0 Å². The first-order valence-corrected chi connectivity index (χ1v) is 10.0. The Kier molecular flexibility index (Phi) is 5.89. The highest BCUT2D eigenvalue weighted by atomic mass is 79.9. The molecule has 3 heterocycles. The topological polar surface area (TPSA) is 73.1 Å². The molecule has 4 rings (SSSR count). The molecule has 1 fully saturated rings. The second kappa shape index (κ2) is 8.56. The van der Waals surface area contributed by atoms with Crippen molar-refractivity contribution in [2.75, 3.05) is 24.6 Å². The summed E-state index contributed by atoms with van der Waals surface area (Å²) in [7, 11) is 0. The number of nitrogens with zero attached hydrogens (tertiary/aromatic N) is 5. The van der Waals surface area contributed by atoms with Crippen molar-refractivity contribution in [1.29, 1.82) is 0 Å². The van der Waals surface area contributed by atoms with Gasteiger partial charge in [-0.1, -0.05) is 11.6 Å². The summed E-state index contributed by atoms with van der Waals surface area (Å²) in [5.74, 6) is 0.103. The largest absolute Gasteiger partial charge is 0.373 e. The standard InChI is InChI=1S/C19H16BrClFN5O2/c20-13-8-23-19(24-9-13)26-5-6-29-14(10-26)11-27-18(28)4-3-17(25-27)12-1-2-16(22)15(21)7-12/h1-4,7-9,14H,5-6,10-11H2/t14-/m0/s1. The fourth-order valence-corrected chi connectivity index (χ4v) is 3.45. The number of anilines is 1. The number of rotatable bonds is 4. The van der Waals surface area contributed by atoms with E-state index in [1.807, 2.05) is 4.90 Å². The van der Waals surface area contributed by atoms with Crippen LogP contribution in [0.2, 0.25) is 5.02 Å². The summed E-state index contributed by atoms with van der Waals surface area (Å²) < 4.78 is 21.4. The van der Waals surface area contributed by atoms with Crippen molar-refractivity contribution in [3.8, 4) is 11.3 Å². The molecule has 0 saturated carbocycles. The van der Waals surface area contributed by atoms with Gasteiger partial charge in [0.05, 0.1) is 34.4 Å². The summed E-state index contributed by atoms with van der Waals surface area (Å²) in [6, 6.07) is 7.35. The van der Waals surface area contributed by atoms with Crippen molar-refractivity contribution in [3.63, 3.8) is 0 Å². The van der Waals surface area contributed by atoms with E-state index in [4.69, 9.17) is 16.3 Å². The molecule has 29 heavy (non-hydrogen) atoms. The van der Waals surface area contributed by atoms with Crippen molar-refractivity contribution in [2.24, 2.45) is 0 Å². The van der Waals surface area contributed by atoms with Crippen molar-refractivity contribution in [2.45, 2.75) is 12.6 Å². The molecule has 0 spiro atoms. The predicted octanol–water partition coefficient (Wildman–Crippen LogP) is 3.16. The molecular formula is C19H16BrClFN5O2. The molecular weight excluding hydrogens is 465 g/mol. The highest BCUT2D eigenvalue weighted by Gasteiger charge is 2.23. The van der Waals surface area contributed by atoms with Gasteiger partial charge in [0.1, 0.15) is 5.82 Å². The molecule has 0 bridgehead atoms. The Balaban J connectivity index is 1.53. The second-order valence-corrected chi connectivity index (χ2v) is 7.83. The average Bonchev–Trinajstić information content (AvgIpc) is 2.72. The van der Waals surface area contributed by atoms with Crippen LogP contribution in [0, 0.1) is 5.82 Å². The van der Waals surface area contributed by atoms with Crippen molar-refractivity contribution in [3.05, 3.63) is 68.4 Å².